The van der Waals surface area contributed by atoms with Gasteiger partial charge in [-0.25, -0.2) is 0 Å². The molecule has 2 fully saturated rings. The molecule has 0 aromatic heterocycles. The Bertz CT molecular complexity index is 174. The molecule has 0 saturated heterocycles. The maximum absolute atomic E-state index is 2.42. The molecule has 2 aliphatic rings. The van der Waals surface area contributed by atoms with Gasteiger partial charge in [0, 0.05) is 0 Å². The van der Waals surface area contributed by atoms with Crippen LogP contribution in [-0.2, 0) is 0 Å². The molecule has 0 aliphatic heterocycles. The summed E-state index contributed by atoms with van der Waals surface area (Å²) in [5.41, 5.74) is 1.54. The van der Waals surface area contributed by atoms with Gasteiger partial charge in [0.25, 0.3) is 0 Å². The second-order valence-electron chi connectivity index (χ2n) is 5.78. The minimum absolute atomic E-state index is 0.712. The Morgan fingerprint density at radius 1 is 1.25 bits per heavy atom. The van der Waals surface area contributed by atoms with Gasteiger partial charge in [-0.15, -0.1) is 0 Å². The van der Waals surface area contributed by atoms with Gasteiger partial charge in [-0.1, -0.05) is 27.2 Å². The summed E-state index contributed by atoms with van der Waals surface area (Å²) in [5.74, 6) is 1.07. The summed E-state index contributed by atoms with van der Waals surface area (Å²) >= 11 is 0. The van der Waals surface area contributed by atoms with Crippen LogP contribution in [0.25, 0.3) is 0 Å². The van der Waals surface area contributed by atoms with Crippen molar-refractivity contribution in [2.45, 2.75) is 59.3 Å². The Balaban J connectivity index is 1.70. The molecule has 1 atom stereocenters. The molecule has 0 spiro atoms. The zero-order valence-corrected chi connectivity index (χ0v) is 8.82. The lowest BCUT2D eigenvalue weighted by molar-refractivity contribution is 0.397. The van der Waals surface area contributed by atoms with E-state index in [9.17, 15) is 0 Å². The summed E-state index contributed by atoms with van der Waals surface area (Å²) in [6.45, 7) is 7.21. The van der Waals surface area contributed by atoms with Crippen molar-refractivity contribution < 1.29 is 0 Å². The van der Waals surface area contributed by atoms with Gasteiger partial charge < -0.3 is 0 Å². The van der Waals surface area contributed by atoms with E-state index >= 15 is 0 Å². The molecule has 0 aromatic rings. The fourth-order valence-corrected chi connectivity index (χ4v) is 2.51. The van der Waals surface area contributed by atoms with Crippen LogP contribution in [0, 0.1) is 16.7 Å². The third-order valence-corrected chi connectivity index (χ3v) is 4.45. The van der Waals surface area contributed by atoms with Crippen molar-refractivity contribution in [3.05, 3.63) is 0 Å². The topological polar surface area (TPSA) is 0 Å². The van der Waals surface area contributed by atoms with E-state index in [1.165, 1.54) is 38.5 Å². The highest BCUT2D eigenvalue weighted by Crippen LogP contribution is 2.59. The van der Waals surface area contributed by atoms with E-state index in [2.05, 4.69) is 20.8 Å². The van der Waals surface area contributed by atoms with Crippen LogP contribution < -0.4 is 0 Å². The third kappa shape index (κ3) is 1.53. The first-order chi connectivity index (χ1) is 5.58. The van der Waals surface area contributed by atoms with Crippen LogP contribution in [0.1, 0.15) is 59.3 Å². The average molecular weight is 166 g/mol. The molecule has 2 rings (SSSR count). The number of hydrogen-bond donors (Lipinski definition) is 0. The SMILES string of the molecule is CCC1(CCC2CC2(C)C)CC1. The Hall–Kier alpha value is 0. The molecule has 0 radical (unpaired) electrons. The quantitative estimate of drug-likeness (QED) is 0.592. The highest BCUT2D eigenvalue weighted by atomic mass is 14.5. The largest absolute Gasteiger partial charge is 0.0649 e. The van der Waals surface area contributed by atoms with E-state index in [1.54, 1.807) is 0 Å². The lowest BCUT2D eigenvalue weighted by atomic mass is 9.94. The molecule has 0 heteroatoms. The van der Waals surface area contributed by atoms with Crippen molar-refractivity contribution >= 4 is 0 Å². The van der Waals surface area contributed by atoms with Crippen LogP contribution in [0.15, 0.2) is 0 Å². The molecule has 2 aliphatic carbocycles. The standard InChI is InChI=1S/C12H22/c1-4-12(7-8-12)6-5-10-9-11(10,2)3/h10H,4-9H2,1-3H3. The van der Waals surface area contributed by atoms with Crippen LogP contribution in [0.5, 0.6) is 0 Å². The predicted octanol–water partition coefficient (Wildman–Crippen LogP) is 4.00. The van der Waals surface area contributed by atoms with E-state index in [4.69, 9.17) is 0 Å². The monoisotopic (exact) mass is 166 g/mol. The van der Waals surface area contributed by atoms with Crippen LogP contribution in [0.3, 0.4) is 0 Å². The van der Waals surface area contributed by atoms with Crippen molar-refractivity contribution in [2.75, 3.05) is 0 Å². The Kier molecular flexibility index (Phi) is 1.79. The van der Waals surface area contributed by atoms with Gasteiger partial charge in [0.05, 0.1) is 0 Å². The summed E-state index contributed by atoms with van der Waals surface area (Å²) in [7, 11) is 0. The number of hydrogen-bond acceptors (Lipinski definition) is 0. The fraction of sp³-hybridized carbons (Fsp3) is 1.00. The van der Waals surface area contributed by atoms with Crippen LogP contribution in [-0.4, -0.2) is 0 Å². The summed E-state index contributed by atoms with van der Waals surface area (Å²) in [5, 5.41) is 0. The molecule has 0 heterocycles. The molecule has 0 nitrogen and oxygen atoms in total. The van der Waals surface area contributed by atoms with E-state index in [0.717, 1.165) is 11.3 Å². The van der Waals surface area contributed by atoms with Gasteiger partial charge in [0.2, 0.25) is 0 Å². The van der Waals surface area contributed by atoms with E-state index in [1.807, 2.05) is 0 Å². The number of rotatable bonds is 4. The van der Waals surface area contributed by atoms with Crippen molar-refractivity contribution in [2.24, 2.45) is 16.7 Å². The highest BCUT2D eigenvalue weighted by molar-refractivity contribution is 4.98. The molecule has 0 amide bonds. The molecule has 0 aromatic carbocycles. The van der Waals surface area contributed by atoms with Crippen molar-refractivity contribution in [1.29, 1.82) is 0 Å². The Morgan fingerprint density at radius 3 is 2.17 bits per heavy atom. The fourth-order valence-electron chi connectivity index (χ4n) is 2.51. The molecular formula is C12H22. The summed E-state index contributed by atoms with van der Waals surface area (Å²) in [4.78, 5) is 0. The third-order valence-electron chi connectivity index (χ3n) is 4.45. The molecule has 70 valence electrons. The maximum atomic E-state index is 2.42. The van der Waals surface area contributed by atoms with Gasteiger partial charge in [-0.2, -0.15) is 0 Å². The first-order valence-corrected chi connectivity index (χ1v) is 5.58. The molecule has 12 heavy (non-hydrogen) atoms. The van der Waals surface area contributed by atoms with Crippen molar-refractivity contribution in [3.63, 3.8) is 0 Å². The maximum Gasteiger partial charge on any atom is -0.0300 e. The van der Waals surface area contributed by atoms with Crippen molar-refractivity contribution in [3.8, 4) is 0 Å². The van der Waals surface area contributed by atoms with Gasteiger partial charge >= 0.3 is 0 Å². The minimum Gasteiger partial charge on any atom is -0.0649 e. The lowest BCUT2D eigenvalue weighted by Gasteiger charge is -2.12. The lowest BCUT2D eigenvalue weighted by Crippen LogP contribution is -2.00. The first-order valence-electron chi connectivity index (χ1n) is 5.58. The van der Waals surface area contributed by atoms with Crippen molar-refractivity contribution in [1.82, 2.24) is 0 Å². The molecular weight excluding hydrogens is 144 g/mol. The Labute approximate surface area is 76.7 Å². The van der Waals surface area contributed by atoms with E-state index < -0.39 is 0 Å². The Morgan fingerprint density at radius 2 is 1.83 bits per heavy atom. The molecule has 0 N–H and O–H groups in total. The van der Waals surface area contributed by atoms with Gasteiger partial charge in [-0.3, -0.25) is 0 Å². The minimum atomic E-state index is 0.712. The van der Waals surface area contributed by atoms with Gasteiger partial charge in [-0.05, 0) is 48.9 Å². The summed E-state index contributed by atoms with van der Waals surface area (Å²) in [6, 6.07) is 0. The smallest absolute Gasteiger partial charge is 0.0300 e. The van der Waals surface area contributed by atoms with Crippen LogP contribution in [0.4, 0.5) is 0 Å². The predicted molar refractivity (Wildman–Crippen MR) is 53.1 cm³/mol. The first kappa shape index (κ1) is 8.59. The van der Waals surface area contributed by atoms with E-state index in [-0.39, 0.29) is 0 Å². The zero-order valence-electron chi connectivity index (χ0n) is 8.82. The second-order valence-corrected chi connectivity index (χ2v) is 5.78. The molecule has 1 unspecified atom stereocenters. The van der Waals surface area contributed by atoms with Crippen LogP contribution >= 0.6 is 0 Å². The summed E-state index contributed by atoms with van der Waals surface area (Å²) < 4.78 is 0. The van der Waals surface area contributed by atoms with Crippen LogP contribution in [0.2, 0.25) is 0 Å². The highest BCUT2D eigenvalue weighted by Gasteiger charge is 2.48. The van der Waals surface area contributed by atoms with E-state index in [0.29, 0.717) is 5.41 Å². The zero-order chi connectivity index (χ0) is 8.82. The molecule has 0 bridgehead atoms. The van der Waals surface area contributed by atoms with Gasteiger partial charge in [0.15, 0.2) is 0 Å². The van der Waals surface area contributed by atoms with Gasteiger partial charge in [0.1, 0.15) is 0 Å². The normalized spacial score (nSPS) is 34.8. The molecule has 2 saturated carbocycles. The summed E-state index contributed by atoms with van der Waals surface area (Å²) in [6.07, 6.45) is 9.01. The second kappa shape index (κ2) is 2.49. The average Bonchev–Trinajstić information content (AvgIpc) is 2.86.